The van der Waals surface area contributed by atoms with E-state index in [0.717, 1.165) is 60.6 Å². The third kappa shape index (κ3) is 3.48. The molecular weight excluding hydrogens is 324 g/mol. The molecule has 134 valence electrons. The van der Waals surface area contributed by atoms with Crippen molar-refractivity contribution < 1.29 is 4.79 Å². The van der Waals surface area contributed by atoms with Gasteiger partial charge in [0.25, 0.3) is 0 Å². The molecule has 0 atom stereocenters. The van der Waals surface area contributed by atoms with E-state index in [2.05, 4.69) is 33.1 Å². The van der Waals surface area contributed by atoms with Crippen molar-refractivity contribution >= 4 is 16.8 Å². The van der Waals surface area contributed by atoms with Crippen molar-refractivity contribution in [3.63, 3.8) is 0 Å². The number of aromatic nitrogens is 2. The molecule has 0 unspecified atom stereocenters. The van der Waals surface area contributed by atoms with Crippen LogP contribution in [-0.2, 0) is 17.8 Å². The number of nitrogens with zero attached hydrogens (tertiary/aromatic N) is 3. The largest absolute Gasteiger partial charge is 0.358 e. The Labute approximate surface area is 153 Å². The molecule has 1 saturated heterocycles. The number of rotatable bonds is 4. The minimum absolute atomic E-state index is 0.218. The van der Waals surface area contributed by atoms with Crippen LogP contribution in [0.2, 0.25) is 0 Å². The van der Waals surface area contributed by atoms with Crippen molar-refractivity contribution in [3.8, 4) is 0 Å². The van der Waals surface area contributed by atoms with E-state index in [9.17, 15) is 4.79 Å². The minimum Gasteiger partial charge on any atom is -0.358 e. The molecule has 5 heteroatoms. The summed E-state index contributed by atoms with van der Waals surface area (Å²) in [4.78, 5) is 24.9. The number of carbonyl (C=O) groups is 1. The topological polar surface area (TPSA) is 52.2 Å². The third-order valence-corrected chi connectivity index (χ3v) is 5.19. The molecule has 26 heavy (non-hydrogen) atoms. The Hall–Kier alpha value is -2.66. The quantitative estimate of drug-likeness (QED) is 0.789. The van der Waals surface area contributed by atoms with Gasteiger partial charge in [0.05, 0.1) is 12.1 Å². The summed E-state index contributed by atoms with van der Waals surface area (Å²) in [6.45, 7) is 6.27. The Balaban J connectivity index is 1.37. The first-order chi connectivity index (χ1) is 12.7. The van der Waals surface area contributed by atoms with Gasteiger partial charge in [0.2, 0.25) is 5.91 Å². The van der Waals surface area contributed by atoms with Gasteiger partial charge in [-0.05, 0) is 30.7 Å². The molecule has 1 N–H and O–H groups in total. The highest BCUT2D eigenvalue weighted by Gasteiger charge is 2.22. The van der Waals surface area contributed by atoms with E-state index in [-0.39, 0.29) is 5.91 Å². The Kier molecular flexibility index (Phi) is 4.71. The van der Waals surface area contributed by atoms with Crippen LogP contribution in [0.25, 0.3) is 10.9 Å². The number of hydrogen-bond acceptors (Lipinski definition) is 3. The lowest BCUT2D eigenvalue weighted by Gasteiger charge is -2.34. The van der Waals surface area contributed by atoms with E-state index in [1.54, 1.807) is 0 Å². The number of amides is 1. The lowest BCUT2D eigenvalue weighted by Crippen LogP contribution is -2.48. The van der Waals surface area contributed by atoms with Gasteiger partial charge in [0.15, 0.2) is 0 Å². The molecule has 0 saturated carbocycles. The molecule has 5 nitrogen and oxygen atoms in total. The zero-order valence-electron chi connectivity index (χ0n) is 15.1. The summed E-state index contributed by atoms with van der Waals surface area (Å²) in [5.41, 5.74) is 4.41. The fourth-order valence-electron chi connectivity index (χ4n) is 3.70. The average molecular weight is 348 g/mol. The molecule has 0 radical (unpaired) electrons. The Morgan fingerprint density at radius 3 is 2.62 bits per heavy atom. The van der Waals surface area contributed by atoms with Gasteiger partial charge in [-0.2, -0.15) is 0 Å². The fourth-order valence-corrected chi connectivity index (χ4v) is 3.70. The SMILES string of the molecule is Cc1[nH]c2ccccc2c1CC(=O)N1CCN(Cc2ccccn2)CC1. The monoisotopic (exact) mass is 348 g/mol. The summed E-state index contributed by atoms with van der Waals surface area (Å²) >= 11 is 0. The smallest absolute Gasteiger partial charge is 0.227 e. The van der Waals surface area contributed by atoms with Crippen molar-refractivity contribution in [2.24, 2.45) is 0 Å². The molecule has 1 aliphatic rings. The number of carbonyl (C=O) groups excluding carboxylic acids is 1. The lowest BCUT2D eigenvalue weighted by atomic mass is 10.1. The van der Waals surface area contributed by atoms with Gasteiger partial charge >= 0.3 is 0 Å². The number of hydrogen-bond donors (Lipinski definition) is 1. The molecule has 0 bridgehead atoms. The van der Waals surface area contributed by atoms with Gasteiger partial charge in [-0.3, -0.25) is 14.7 Å². The first-order valence-corrected chi connectivity index (χ1v) is 9.17. The highest BCUT2D eigenvalue weighted by Crippen LogP contribution is 2.23. The van der Waals surface area contributed by atoms with Crippen molar-refractivity contribution in [2.45, 2.75) is 19.9 Å². The first kappa shape index (κ1) is 16.8. The van der Waals surface area contributed by atoms with E-state index < -0.39 is 0 Å². The van der Waals surface area contributed by atoms with Crippen LogP contribution in [0.5, 0.6) is 0 Å². The Morgan fingerprint density at radius 1 is 1.08 bits per heavy atom. The summed E-state index contributed by atoms with van der Waals surface area (Å²) in [5, 5.41) is 1.16. The van der Waals surface area contributed by atoms with Crippen LogP contribution in [-0.4, -0.2) is 51.9 Å². The zero-order chi connectivity index (χ0) is 17.9. The normalized spacial score (nSPS) is 15.5. The molecule has 1 aromatic carbocycles. The molecule has 1 aliphatic heterocycles. The van der Waals surface area contributed by atoms with Crippen LogP contribution in [0.3, 0.4) is 0 Å². The molecular formula is C21H24N4O. The zero-order valence-corrected chi connectivity index (χ0v) is 15.1. The maximum absolute atomic E-state index is 12.8. The number of aryl methyl sites for hydroxylation is 1. The number of H-pyrrole nitrogens is 1. The number of nitrogens with one attached hydrogen (secondary N) is 1. The highest BCUT2D eigenvalue weighted by atomic mass is 16.2. The molecule has 2 aromatic heterocycles. The summed E-state index contributed by atoms with van der Waals surface area (Å²) in [6, 6.07) is 14.2. The maximum Gasteiger partial charge on any atom is 0.227 e. The third-order valence-electron chi connectivity index (χ3n) is 5.19. The van der Waals surface area contributed by atoms with Crippen LogP contribution in [0.15, 0.2) is 48.7 Å². The van der Waals surface area contributed by atoms with Crippen LogP contribution < -0.4 is 0 Å². The van der Waals surface area contributed by atoms with Gasteiger partial charge in [-0.1, -0.05) is 24.3 Å². The second-order valence-corrected chi connectivity index (χ2v) is 6.93. The molecule has 0 aliphatic carbocycles. The summed E-state index contributed by atoms with van der Waals surface area (Å²) in [5.74, 6) is 0.218. The van der Waals surface area contributed by atoms with E-state index in [1.807, 2.05) is 42.3 Å². The summed E-state index contributed by atoms with van der Waals surface area (Å²) < 4.78 is 0. The van der Waals surface area contributed by atoms with Gasteiger partial charge in [0.1, 0.15) is 0 Å². The molecule has 3 heterocycles. The van der Waals surface area contributed by atoms with Crippen molar-refractivity contribution in [2.75, 3.05) is 26.2 Å². The second kappa shape index (κ2) is 7.30. The van der Waals surface area contributed by atoms with Crippen molar-refractivity contribution in [1.29, 1.82) is 0 Å². The van der Waals surface area contributed by atoms with Crippen LogP contribution in [0.1, 0.15) is 17.0 Å². The fraction of sp³-hybridized carbons (Fsp3) is 0.333. The number of para-hydroxylation sites is 1. The lowest BCUT2D eigenvalue weighted by molar-refractivity contribution is -0.132. The summed E-state index contributed by atoms with van der Waals surface area (Å²) in [7, 11) is 0. The Bertz CT molecular complexity index is 895. The predicted molar refractivity (Wildman–Crippen MR) is 103 cm³/mol. The van der Waals surface area contributed by atoms with Crippen LogP contribution in [0.4, 0.5) is 0 Å². The Morgan fingerprint density at radius 2 is 1.85 bits per heavy atom. The minimum atomic E-state index is 0.218. The highest BCUT2D eigenvalue weighted by molar-refractivity contribution is 5.90. The number of aromatic amines is 1. The van der Waals surface area contributed by atoms with Crippen LogP contribution >= 0.6 is 0 Å². The van der Waals surface area contributed by atoms with Gasteiger partial charge < -0.3 is 9.88 Å². The second-order valence-electron chi connectivity index (χ2n) is 6.93. The summed E-state index contributed by atoms with van der Waals surface area (Å²) in [6.07, 6.45) is 2.30. The van der Waals surface area contributed by atoms with Gasteiger partial charge in [0, 0.05) is 55.5 Å². The van der Waals surface area contributed by atoms with Crippen molar-refractivity contribution in [1.82, 2.24) is 19.8 Å². The molecule has 4 rings (SSSR count). The van der Waals surface area contributed by atoms with E-state index >= 15 is 0 Å². The van der Waals surface area contributed by atoms with E-state index in [4.69, 9.17) is 0 Å². The molecule has 1 amide bonds. The molecule has 3 aromatic rings. The average Bonchev–Trinajstić information content (AvgIpc) is 2.98. The van der Waals surface area contributed by atoms with E-state index in [1.165, 1.54) is 0 Å². The van der Waals surface area contributed by atoms with E-state index in [0.29, 0.717) is 6.42 Å². The van der Waals surface area contributed by atoms with Crippen molar-refractivity contribution in [3.05, 3.63) is 65.6 Å². The van der Waals surface area contributed by atoms with Gasteiger partial charge in [-0.15, -0.1) is 0 Å². The van der Waals surface area contributed by atoms with Gasteiger partial charge in [-0.25, -0.2) is 0 Å². The molecule has 0 spiro atoms. The number of piperazine rings is 1. The van der Waals surface area contributed by atoms with Crippen LogP contribution in [0, 0.1) is 6.92 Å². The molecule has 1 fully saturated rings. The predicted octanol–water partition coefficient (Wildman–Crippen LogP) is 2.76. The number of pyridine rings is 1. The maximum atomic E-state index is 12.8. The standard InChI is InChI=1S/C21H24N4O/c1-16-19(18-7-2-3-8-20(18)23-16)14-21(26)25-12-10-24(11-13-25)15-17-6-4-5-9-22-17/h2-9,23H,10-15H2,1H3. The first-order valence-electron chi connectivity index (χ1n) is 9.17. The number of fused-ring (bicyclic) bond motifs is 1. The number of benzene rings is 1.